The van der Waals surface area contributed by atoms with E-state index >= 15 is 0 Å². The fourth-order valence-electron chi connectivity index (χ4n) is 2.15. The van der Waals surface area contributed by atoms with Crippen molar-refractivity contribution in [3.05, 3.63) is 0 Å². The highest BCUT2D eigenvalue weighted by Crippen LogP contribution is 2.15. The number of likely N-dealkylation sites (tertiary alicyclic amines) is 1. The van der Waals surface area contributed by atoms with Gasteiger partial charge in [0.25, 0.3) is 0 Å². The van der Waals surface area contributed by atoms with E-state index in [9.17, 15) is 4.79 Å². The second-order valence-electron chi connectivity index (χ2n) is 4.91. The summed E-state index contributed by atoms with van der Waals surface area (Å²) in [7, 11) is 0. The summed E-state index contributed by atoms with van der Waals surface area (Å²) in [4.78, 5) is 13.8. The second-order valence-corrected chi connectivity index (χ2v) is 4.91. The number of aliphatic hydroxyl groups is 1. The van der Waals surface area contributed by atoms with Gasteiger partial charge in [0, 0.05) is 25.7 Å². The molecule has 0 aromatic carbocycles. The molecule has 0 bridgehead atoms. The zero-order valence-electron chi connectivity index (χ0n) is 10.4. The summed E-state index contributed by atoms with van der Waals surface area (Å²) in [5.74, 6) is 0.618. The van der Waals surface area contributed by atoms with Crippen molar-refractivity contribution in [3.8, 4) is 0 Å². The number of aliphatic hydroxyl groups excluding tert-OH is 1. The van der Waals surface area contributed by atoms with Crippen molar-refractivity contribution >= 4 is 6.03 Å². The summed E-state index contributed by atoms with van der Waals surface area (Å²) < 4.78 is 0. The van der Waals surface area contributed by atoms with Crippen LogP contribution < -0.4 is 5.32 Å². The minimum Gasteiger partial charge on any atom is -0.396 e. The van der Waals surface area contributed by atoms with Gasteiger partial charge in [-0.1, -0.05) is 6.92 Å². The van der Waals surface area contributed by atoms with Crippen LogP contribution in [-0.4, -0.2) is 41.8 Å². The van der Waals surface area contributed by atoms with Gasteiger partial charge in [0.15, 0.2) is 0 Å². The lowest BCUT2D eigenvalue weighted by molar-refractivity contribution is 0.166. The highest BCUT2D eigenvalue weighted by Gasteiger charge is 2.21. The summed E-state index contributed by atoms with van der Waals surface area (Å²) in [6, 6.07) is 0.203. The predicted molar refractivity (Wildman–Crippen MR) is 64.3 cm³/mol. The number of carbonyl (C=O) groups is 1. The standard InChI is InChI=1S/C12H24N2O2/c1-10-5-3-7-14(9-10)12(16)13-11(2)6-4-8-15/h10-11,15H,3-9H2,1-2H3,(H,13,16). The van der Waals surface area contributed by atoms with Crippen LogP contribution in [0.25, 0.3) is 0 Å². The lowest BCUT2D eigenvalue weighted by atomic mass is 10.0. The Labute approximate surface area is 98.0 Å². The number of hydrogen-bond acceptors (Lipinski definition) is 2. The molecule has 1 aliphatic heterocycles. The molecule has 4 nitrogen and oxygen atoms in total. The van der Waals surface area contributed by atoms with Crippen molar-refractivity contribution in [1.82, 2.24) is 10.2 Å². The van der Waals surface area contributed by atoms with Gasteiger partial charge in [0.2, 0.25) is 0 Å². The molecular formula is C12H24N2O2. The molecule has 1 aliphatic rings. The molecule has 1 saturated heterocycles. The van der Waals surface area contributed by atoms with E-state index in [1.807, 2.05) is 11.8 Å². The van der Waals surface area contributed by atoms with Crippen LogP contribution in [0.15, 0.2) is 0 Å². The van der Waals surface area contributed by atoms with Crippen molar-refractivity contribution in [2.75, 3.05) is 19.7 Å². The first-order chi connectivity index (χ1) is 7.63. The third-order valence-electron chi connectivity index (χ3n) is 3.11. The van der Waals surface area contributed by atoms with E-state index in [0.717, 1.165) is 32.4 Å². The van der Waals surface area contributed by atoms with Crippen molar-refractivity contribution in [2.45, 2.75) is 45.6 Å². The van der Waals surface area contributed by atoms with Crippen LogP contribution in [0.5, 0.6) is 0 Å². The number of urea groups is 1. The molecule has 2 amide bonds. The number of nitrogens with one attached hydrogen (secondary N) is 1. The monoisotopic (exact) mass is 228 g/mol. The Hall–Kier alpha value is -0.770. The molecule has 1 heterocycles. The van der Waals surface area contributed by atoms with Gasteiger partial charge in [-0.15, -0.1) is 0 Å². The summed E-state index contributed by atoms with van der Waals surface area (Å²) in [5, 5.41) is 11.7. The zero-order chi connectivity index (χ0) is 12.0. The van der Waals surface area contributed by atoms with Gasteiger partial charge < -0.3 is 15.3 Å². The van der Waals surface area contributed by atoms with Crippen LogP contribution in [0.2, 0.25) is 0 Å². The van der Waals surface area contributed by atoms with Gasteiger partial charge in [-0.2, -0.15) is 0 Å². The molecule has 0 radical (unpaired) electrons. The maximum Gasteiger partial charge on any atom is 0.317 e. The molecule has 0 spiro atoms. The second kappa shape index (κ2) is 6.74. The van der Waals surface area contributed by atoms with E-state index in [1.54, 1.807) is 0 Å². The van der Waals surface area contributed by atoms with Gasteiger partial charge in [-0.25, -0.2) is 4.79 Å². The van der Waals surface area contributed by atoms with Gasteiger partial charge >= 0.3 is 6.03 Å². The smallest absolute Gasteiger partial charge is 0.317 e. The summed E-state index contributed by atoms with van der Waals surface area (Å²) in [6.45, 7) is 6.12. The number of piperidine rings is 1. The molecule has 1 fully saturated rings. The third-order valence-corrected chi connectivity index (χ3v) is 3.11. The molecule has 2 unspecified atom stereocenters. The van der Waals surface area contributed by atoms with Crippen molar-refractivity contribution in [3.63, 3.8) is 0 Å². The lowest BCUT2D eigenvalue weighted by Gasteiger charge is -2.32. The molecule has 0 saturated carbocycles. The Morgan fingerprint density at radius 3 is 3.00 bits per heavy atom. The van der Waals surface area contributed by atoms with Crippen LogP contribution in [-0.2, 0) is 0 Å². The molecule has 4 heteroatoms. The van der Waals surface area contributed by atoms with Crippen LogP contribution in [0.3, 0.4) is 0 Å². The van der Waals surface area contributed by atoms with Crippen molar-refractivity contribution < 1.29 is 9.90 Å². The average molecular weight is 228 g/mol. The van der Waals surface area contributed by atoms with Crippen molar-refractivity contribution in [2.24, 2.45) is 5.92 Å². The number of rotatable bonds is 4. The molecule has 16 heavy (non-hydrogen) atoms. The van der Waals surface area contributed by atoms with Gasteiger partial charge in [0.1, 0.15) is 0 Å². The number of carbonyl (C=O) groups excluding carboxylic acids is 1. The quantitative estimate of drug-likeness (QED) is 0.767. The molecule has 2 atom stereocenters. The molecule has 1 rings (SSSR count). The normalized spacial score (nSPS) is 22.9. The third kappa shape index (κ3) is 4.39. The van der Waals surface area contributed by atoms with E-state index < -0.39 is 0 Å². The molecule has 0 aliphatic carbocycles. The first kappa shape index (κ1) is 13.3. The highest BCUT2D eigenvalue weighted by molar-refractivity contribution is 5.74. The van der Waals surface area contributed by atoms with E-state index in [-0.39, 0.29) is 18.7 Å². The molecule has 0 aromatic heterocycles. The molecular weight excluding hydrogens is 204 g/mol. The Kier molecular flexibility index (Phi) is 5.60. The summed E-state index contributed by atoms with van der Waals surface area (Å²) in [5.41, 5.74) is 0. The highest BCUT2D eigenvalue weighted by atomic mass is 16.3. The van der Waals surface area contributed by atoms with E-state index in [0.29, 0.717) is 5.92 Å². The summed E-state index contributed by atoms with van der Waals surface area (Å²) >= 11 is 0. The van der Waals surface area contributed by atoms with E-state index in [1.165, 1.54) is 6.42 Å². The van der Waals surface area contributed by atoms with E-state index in [4.69, 9.17) is 5.11 Å². The number of hydrogen-bond donors (Lipinski definition) is 2. The molecule has 2 N–H and O–H groups in total. The Morgan fingerprint density at radius 1 is 1.62 bits per heavy atom. The average Bonchev–Trinajstić information content (AvgIpc) is 2.26. The lowest BCUT2D eigenvalue weighted by Crippen LogP contribution is -2.47. The van der Waals surface area contributed by atoms with Gasteiger partial charge in [-0.05, 0) is 38.5 Å². The van der Waals surface area contributed by atoms with Gasteiger partial charge in [-0.3, -0.25) is 0 Å². The van der Waals surface area contributed by atoms with Gasteiger partial charge in [0.05, 0.1) is 0 Å². The minimum atomic E-state index is 0.0528. The maximum absolute atomic E-state index is 11.9. The Balaban J connectivity index is 2.27. The largest absolute Gasteiger partial charge is 0.396 e. The first-order valence-electron chi connectivity index (χ1n) is 6.29. The fraction of sp³-hybridized carbons (Fsp3) is 0.917. The minimum absolute atomic E-state index is 0.0528. The van der Waals surface area contributed by atoms with Crippen LogP contribution in [0, 0.1) is 5.92 Å². The Morgan fingerprint density at radius 2 is 2.38 bits per heavy atom. The molecule has 0 aromatic rings. The van der Waals surface area contributed by atoms with Crippen LogP contribution >= 0.6 is 0 Å². The topological polar surface area (TPSA) is 52.6 Å². The maximum atomic E-state index is 11.9. The zero-order valence-corrected chi connectivity index (χ0v) is 10.4. The van der Waals surface area contributed by atoms with Crippen LogP contribution in [0.4, 0.5) is 4.79 Å². The van der Waals surface area contributed by atoms with Crippen molar-refractivity contribution in [1.29, 1.82) is 0 Å². The SMILES string of the molecule is CC1CCCN(C(=O)NC(C)CCCO)C1. The van der Waals surface area contributed by atoms with Crippen LogP contribution in [0.1, 0.15) is 39.5 Å². The summed E-state index contributed by atoms with van der Waals surface area (Å²) in [6.07, 6.45) is 3.92. The fourth-order valence-corrected chi connectivity index (χ4v) is 2.15. The van der Waals surface area contributed by atoms with E-state index in [2.05, 4.69) is 12.2 Å². The number of nitrogens with zero attached hydrogens (tertiary/aromatic N) is 1. The predicted octanol–water partition coefficient (Wildman–Crippen LogP) is 1.59. The Bertz CT molecular complexity index is 221. The molecule has 94 valence electrons. The number of amides is 2. The first-order valence-corrected chi connectivity index (χ1v) is 6.29.